The molecule has 2 N–H and O–H groups in total. The molecule has 1 unspecified atom stereocenters. The van der Waals surface area contributed by atoms with Crippen LogP contribution in [0.25, 0.3) is 0 Å². The number of hydrogen-bond donors (Lipinski definition) is 2. The third kappa shape index (κ3) is 6.14. The van der Waals surface area contributed by atoms with E-state index in [0.29, 0.717) is 12.1 Å². The molecule has 0 aliphatic carbocycles. The highest BCUT2D eigenvalue weighted by molar-refractivity contribution is 5.81. The summed E-state index contributed by atoms with van der Waals surface area (Å²) in [6.07, 6.45) is -0.913. The van der Waals surface area contributed by atoms with Crippen molar-refractivity contribution in [3.8, 4) is 11.5 Å². The van der Waals surface area contributed by atoms with E-state index in [1.807, 2.05) is 6.92 Å². The zero-order valence-corrected chi connectivity index (χ0v) is 16.1. The predicted octanol–water partition coefficient (Wildman–Crippen LogP) is 3.19. The van der Waals surface area contributed by atoms with Crippen LogP contribution in [-0.4, -0.2) is 23.6 Å². The van der Waals surface area contributed by atoms with Gasteiger partial charge in [0.25, 0.3) is 0 Å². The van der Waals surface area contributed by atoms with Crippen LogP contribution in [0, 0.1) is 10.8 Å². The smallest absolute Gasteiger partial charge is 0.316 e. The second-order valence-electron chi connectivity index (χ2n) is 7.95. The van der Waals surface area contributed by atoms with Crippen molar-refractivity contribution in [1.29, 1.82) is 0 Å². The van der Waals surface area contributed by atoms with Gasteiger partial charge in [-0.05, 0) is 65.8 Å². The SMILES string of the molecule is CCNC(O)c1ccc(OC(=O)C(C)(C)C)c(OC(=O)C(C)(C)C)c1. The van der Waals surface area contributed by atoms with Gasteiger partial charge in [0, 0.05) is 0 Å². The van der Waals surface area contributed by atoms with E-state index in [-0.39, 0.29) is 11.5 Å². The Hall–Kier alpha value is -1.92. The van der Waals surface area contributed by atoms with Gasteiger partial charge in [-0.2, -0.15) is 0 Å². The van der Waals surface area contributed by atoms with Gasteiger partial charge < -0.3 is 14.6 Å². The lowest BCUT2D eigenvalue weighted by atomic mass is 9.97. The maximum atomic E-state index is 12.2. The summed E-state index contributed by atoms with van der Waals surface area (Å²) in [5, 5.41) is 12.9. The fraction of sp³-hybridized carbons (Fsp3) is 0.579. The standard InChI is InChI=1S/C19H29NO5/c1-8-20-15(21)12-9-10-13(24-16(22)18(2,3)4)14(11-12)25-17(23)19(5,6)7/h9-11,15,20-21H,8H2,1-7H3. The number of carbonyl (C=O) groups is 2. The lowest BCUT2D eigenvalue weighted by Gasteiger charge is -2.21. The first-order chi connectivity index (χ1) is 11.4. The lowest BCUT2D eigenvalue weighted by molar-refractivity contribution is -0.145. The Morgan fingerprint density at radius 3 is 1.92 bits per heavy atom. The number of nitrogens with one attached hydrogen (secondary N) is 1. The van der Waals surface area contributed by atoms with Crippen LogP contribution in [0.3, 0.4) is 0 Å². The molecule has 0 fully saturated rings. The Labute approximate surface area is 149 Å². The summed E-state index contributed by atoms with van der Waals surface area (Å²) in [5.74, 6) is -0.659. The van der Waals surface area contributed by atoms with E-state index < -0.39 is 29.0 Å². The summed E-state index contributed by atoms with van der Waals surface area (Å²) in [4.78, 5) is 24.4. The predicted molar refractivity (Wildman–Crippen MR) is 95.3 cm³/mol. The molecule has 25 heavy (non-hydrogen) atoms. The van der Waals surface area contributed by atoms with Gasteiger partial charge >= 0.3 is 11.9 Å². The highest BCUT2D eigenvalue weighted by atomic mass is 16.6. The first-order valence-corrected chi connectivity index (χ1v) is 8.36. The Kier molecular flexibility index (Phi) is 6.74. The van der Waals surface area contributed by atoms with Crippen molar-refractivity contribution in [2.45, 2.75) is 54.7 Å². The molecule has 0 saturated carbocycles. The molecule has 0 spiro atoms. The fourth-order valence-electron chi connectivity index (χ4n) is 1.68. The molecular weight excluding hydrogens is 322 g/mol. The number of esters is 2. The van der Waals surface area contributed by atoms with Crippen LogP contribution in [0.1, 0.15) is 60.3 Å². The van der Waals surface area contributed by atoms with Crippen molar-refractivity contribution in [3.05, 3.63) is 23.8 Å². The van der Waals surface area contributed by atoms with Crippen LogP contribution in [0.5, 0.6) is 11.5 Å². The summed E-state index contributed by atoms with van der Waals surface area (Å²) in [5.41, 5.74) is -0.913. The van der Waals surface area contributed by atoms with Crippen molar-refractivity contribution in [2.75, 3.05) is 6.54 Å². The van der Waals surface area contributed by atoms with Crippen LogP contribution in [0.2, 0.25) is 0 Å². The average molecular weight is 351 g/mol. The molecule has 1 atom stereocenters. The number of rotatable bonds is 5. The highest BCUT2D eigenvalue weighted by Gasteiger charge is 2.28. The van der Waals surface area contributed by atoms with E-state index in [0.717, 1.165) is 0 Å². The van der Waals surface area contributed by atoms with Crippen molar-refractivity contribution in [2.24, 2.45) is 10.8 Å². The van der Waals surface area contributed by atoms with Crippen LogP contribution in [0.15, 0.2) is 18.2 Å². The fourth-order valence-corrected chi connectivity index (χ4v) is 1.68. The highest BCUT2D eigenvalue weighted by Crippen LogP contribution is 2.33. The molecular formula is C19H29NO5. The number of hydrogen-bond acceptors (Lipinski definition) is 6. The molecule has 1 aromatic carbocycles. The Morgan fingerprint density at radius 2 is 1.48 bits per heavy atom. The van der Waals surface area contributed by atoms with E-state index in [4.69, 9.17) is 9.47 Å². The zero-order chi connectivity index (χ0) is 19.4. The Morgan fingerprint density at radius 1 is 1.00 bits per heavy atom. The second-order valence-corrected chi connectivity index (χ2v) is 7.95. The first kappa shape index (κ1) is 21.1. The molecule has 0 aliphatic heterocycles. The topological polar surface area (TPSA) is 84.9 Å². The molecule has 0 amide bonds. The van der Waals surface area contributed by atoms with Crippen molar-refractivity contribution >= 4 is 11.9 Å². The third-order valence-electron chi connectivity index (χ3n) is 3.31. The summed E-state index contributed by atoms with van der Waals surface area (Å²) >= 11 is 0. The third-order valence-corrected chi connectivity index (χ3v) is 3.31. The number of ether oxygens (including phenoxy) is 2. The maximum absolute atomic E-state index is 12.2. The Balaban J connectivity index is 3.22. The molecule has 140 valence electrons. The van der Waals surface area contributed by atoms with Gasteiger partial charge in [0.1, 0.15) is 6.23 Å². The van der Waals surface area contributed by atoms with Crippen LogP contribution >= 0.6 is 0 Å². The van der Waals surface area contributed by atoms with Crippen molar-refractivity contribution < 1.29 is 24.2 Å². The molecule has 0 saturated heterocycles. The quantitative estimate of drug-likeness (QED) is 0.481. The summed E-state index contributed by atoms with van der Waals surface area (Å²) in [6.45, 7) is 12.8. The van der Waals surface area contributed by atoms with E-state index in [1.165, 1.54) is 12.1 Å². The number of aliphatic hydroxyl groups is 1. The van der Waals surface area contributed by atoms with E-state index >= 15 is 0 Å². The molecule has 0 aromatic heterocycles. The van der Waals surface area contributed by atoms with Crippen molar-refractivity contribution in [3.63, 3.8) is 0 Å². The molecule has 0 aliphatic rings. The van der Waals surface area contributed by atoms with Crippen LogP contribution in [-0.2, 0) is 9.59 Å². The van der Waals surface area contributed by atoms with Gasteiger partial charge in [0.2, 0.25) is 0 Å². The minimum Gasteiger partial charge on any atom is -0.422 e. The normalized spacial score (nSPS) is 13.3. The van der Waals surface area contributed by atoms with Gasteiger partial charge in [-0.1, -0.05) is 13.0 Å². The summed E-state index contributed by atoms with van der Waals surface area (Å²) < 4.78 is 10.8. The van der Waals surface area contributed by atoms with E-state index in [9.17, 15) is 14.7 Å². The largest absolute Gasteiger partial charge is 0.422 e. The molecule has 0 bridgehead atoms. The molecule has 6 heteroatoms. The summed E-state index contributed by atoms with van der Waals surface area (Å²) in [6, 6.07) is 4.64. The minimum absolute atomic E-state index is 0.104. The number of benzene rings is 1. The first-order valence-electron chi connectivity index (χ1n) is 8.36. The van der Waals surface area contributed by atoms with Gasteiger partial charge in [-0.15, -0.1) is 0 Å². The van der Waals surface area contributed by atoms with E-state index in [2.05, 4.69) is 5.32 Å². The van der Waals surface area contributed by atoms with Gasteiger partial charge in [-0.25, -0.2) is 0 Å². The van der Waals surface area contributed by atoms with Gasteiger partial charge in [-0.3, -0.25) is 14.9 Å². The monoisotopic (exact) mass is 351 g/mol. The van der Waals surface area contributed by atoms with Gasteiger partial charge in [0.05, 0.1) is 10.8 Å². The maximum Gasteiger partial charge on any atom is 0.316 e. The van der Waals surface area contributed by atoms with Crippen LogP contribution < -0.4 is 14.8 Å². The van der Waals surface area contributed by atoms with Crippen molar-refractivity contribution in [1.82, 2.24) is 5.32 Å². The molecule has 1 aromatic rings. The second kappa shape index (κ2) is 7.97. The average Bonchev–Trinajstić information content (AvgIpc) is 2.47. The Bertz CT molecular complexity index is 626. The van der Waals surface area contributed by atoms with E-state index in [1.54, 1.807) is 47.6 Å². The molecule has 0 radical (unpaired) electrons. The lowest BCUT2D eigenvalue weighted by Crippen LogP contribution is -2.28. The molecule has 6 nitrogen and oxygen atoms in total. The molecule has 0 heterocycles. The van der Waals surface area contributed by atoms with Crippen LogP contribution in [0.4, 0.5) is 0 Å². The summed E-state index contributed by atoms with van der Waals surface area (Å²) in [7, 11) is 0. The zero-order valence-electron chi connectivity index (χ0n) is 16.1. The minimum atomic E-state index is -0.913. The number of aliphatic hydroxyl groups excluding tert-OH is 1. The van der Waals surface area contributed by atoms with Gasteiger partial charge in [0.15, 0.2) is 11.5 Å². The number of carbonyl (C=O) groups excluding carboxylic acids is 2. The molecule has 1 rings (SSSR count).